The monoisotopic (exact) mass is 510 g/mol. The van der Waals surface area contributed by atoms with Crippen molar-refractivity contribution in [1.29, 1.82) is 0 Å². The number of nitrogens with zero attached hydrogens (tertiary/aromatic N) is 1. The van der Waals surface area contributed by atoms with Crippen molar-refractivity contribution < 1.29 is 33.6 Å². The molecule has 1 aliphatic rings. The van der Waals surface area contributed by atoms with E-state index in [0.29, 0.717) is 6.54 Å². The van der Waals surface area contributed by atoms with Gasteiger partial charge < -0.3 is 26.6 Å². The number of rotatable bonds is 16. The van der Waals surface area contributed by atoms with Crippen LogP contribution in [0.2, 0.25) is 0 Å². The summed E-state index contributed by atoms with van der Waals surface area (Å²) in [5, 5.41) is 12.2. The predicted molar refractivity (Wildman–Crippen MR) is 129 cm³/mol. The van der Waals surface area contributed by atoms with Crippen LogP contribution in [0.1, 0.15) is 52.9 Å². The van der Waals surface area contributed by atoms with Gasteiger partial charge in [-0.1, -0.05) is 20.8 Å². The van der Waals surface area contributed by atoms with Crippen molar-refractivity contribution in [2.75, 3.05) is 39.3 Å². The third-order valence-electron chi connectivity index (χ3n) is 5.45. The highest BCUT2D eigenvalue weighted by Crippen LogP contribution is 2.26. The highest BCUT2D eigenvalue weighted by molar-refractivity contribution is 6.03. The van der Waals surface area contributed by atoms with Gasteiger partial charge >= 0.3 is 0 Å². The maximum atomic E-state index is 12.2. The summed E-state index contributed by atoms with van der Waals surface area (Å²) in [4.78, 5) is 84.0. The van der Waals surface area contributed by atoms with Crippen LogP contribution in [0.3, 0.4) is 0 Å². The van der Waals surface area contributed by atoms with Gasteiger partial charge in [-0.25, -0.2) is 0 Å². The molecule has 1 heterocycles. The Kier molecular flexibility index (Phi) is 13.7. The van der Waals surface area contributed by atoms with E-state index < -0.39 is 23.6 Å². The number of amides is 7. The van der Waals surface area contributed by atoms with Gasteiger partial charge in [0.2, 0.25) is 41.4 Å². The highest BCUT2D eigenvalue weighted by Gasteiger charge is 2.39. The van der Waals surface area contributed by atoms with Crippen molar-refractivity contribution in [1.82, 2.24) is 31.5 Å². The molecule has 1 rings (SSSR count). The Balaban J connectivity index is 2.13. The van der Waals surface area contributed by atoms with Gasteiger partial charge in [0, 0.05) is 44.8 Å². The van der Waals surface area contributed by atoms with Gasteiger partial charge in [0.1, 0.15) is 0 Å². The van der Waals surface area contributed by atoms with Crippen LogP contribution in [0.4, 0.5) is 0 Å². The van der Waals surface area contributed by atoms with Crippen LogP contribution in [0.25, 0.3) is 0 Å². The van der Waals surface area contributed by atoms with Crippen LogP contribution in [0.15, 0.2) is 0 Å². The predicted octanol–water partition coefficient (Wildman–Crippen LogP) is -1.82. The maximum Gasteiger partial charge on any atom is 0.239 e. The first-order valence-corrected chi connectivity index (χ1v) is 12.2. The molecule has 1 aliphatic heterocycles. The zero-order chi connectivity index (χ0) is 27.1. The van der Waals surface area contributed by atoms with Crippen LogP contribution >= 0.6 is 0 Å². The second-order valence-corrected chi connectivity index (χ2v) is 8.82. The number of nitrogens with one attached hydrogen (secondary N) is 5. The number of hydrogen-bond acceptors (Lipinski definition) is 7. The van der Waals surface area contributed by atoms with Crippen molar-refractivity contribution >= 4 is 41.4 Å². The summed E-state index contributed by atoms with van der Waals surface area (Å²) < 4.78 is 0. The second kappa shape index (κ2) is 16.2. The first kappa shape index (κ1) is 30.5. The van der Waals surface area contributed by atoms with Crippen molar-refractivity contribution in [2.24, 2.45) is 11.8 Å². The van der Waals surface area contributed by atoms with Crippen molar-refractivity contribution in [3.63, 3.8) is 0 Å². The molecule has 0 aromatic heterocycles. The minimum atomic E-state index is -0.592. The maximum absolute atomic E-state index is 12.2. The molecule has 1 fully saturated rings. The number of carbonyl (C=O) groups is 7. The van der Waals surface area contributed by atoms with E-state index in [4.69, 9.17) is 0 Å². The molecule has 0 aliphatic carbocycles. The Morgan fingerprint density at radius 3 is 1.81 bits per heavy atom. The molecule has 13 nitrogen and oxygen atoms in total. The number of likely N-dealkylation sites (tertiary alicyclic amines) is 1. The molecule has 0 saturated carbocycles. The lowest BCUT2D eigenvalue weighted by atomic mass is 9.94. The molecule has 202 valence electrons. The minimum absolute atomic E-state index is 0.0343. The van der Waals surface area contributed by atoms with Gasteiger partial charge in [0.25, 0.3) is 0 Å². The van der Waals surface area contributed by atoms with Crippen LogP contribution < -0.4 is 26.6 Å². The molecule has 0 bridgehead atoms. The molecule has 0 spiro atoms. The summed E-state index contributed by atoms with van der Waals surface area (Å²) in [6, 6.07) is 0. The molecular formula is C23H38N6O7. The fourth-order valence-corrected chi connectivity index (χ4v) is 3.34. The standard InChI is InChI=1S/C23H38N6O7/c1-4-8-24-18(31)7-9-25-19(32)12-27-21(34)14-28-20(33)13-26-17(30)6-5-10-29-22(35)11-16(15(2)3)23(29)36/h15-16H,4-14H2,1-3H3,(H,24,31)(H,25,32)(H,26,30)(H,27,34)(H,28,33). The summed E-state index contributed by atoms with van der Waals surface area (Å²) in [5.74, 6) is -2.93. The van der Waals surface area contributed by atoms with E-state index in [2.05, 4.69) is 26.6 Å². The van der Waals surface area contributed by atoms with Crippen molar-refractivity contribution in [3.05, 3.63) is 0 Å². The van der Waals surface area contributed by atoms with E-state index in [-0.39, 0.29) is 88.0 Å². The first-order valence-electron chi connectivity index (χ1n) is 12.2. The Morgan fingerprint density at radius 1 is 0.778 bits per heavy atom. The zero-order valence-corrected chi connectivity index (χ0v) is 21.2. The van der Waals surface area contributed by atoms with Crippen molar-refractivity contribution in [2.45, 2.75) is 52.9 Å². The lowest BCUT2D eigenvalue weighted by Gasteiger charge is -2.16. The number of hydrogen-bond donors (Lipinski definition) is 5. The van der Waals surface area contributed by atoms with Gasteiger partial charge in [-0.05, 0) is 18.8 Å². The highest BCUT2D eigenvalue weighted by atomic mass is 16.2. The summed E-state index contributed by atoms with van der Waals surface area (Å²) in [5.41, 5.74) is 0. The average Bonchev–Trinajstić information content (AvgIpc) is 3.12. The number of carbonyl (C=O) groups excluding carboxylic acids is 7. The number of imide groups is 1. The normalized spacial score (nSPS) is 15.0. The van der Waals surface area contributed by atoms with E-state index in [0.717, 1.165) is 6.42 Å². The molecule has 1 atom stereocenters. The van der Waals surface area contributed by atoms with Crippen LogP contribution in [-0.2, 0) is 33.6 Å². The lowest BCUT2D eigenvalue weighted by Crippen LogP contribution is -2.44. The largest absolute Gasteiger partial charge is 0.356 e. The molecule has 0 aromatic carbocycles. The molecular weight excluding hydrogens is 472 g/mol. The smallest absolute Gasteiger partial charge is 0.239 e. The molecule has 7 amide bonds. The zero-order valence-electron chi connectivity index (χ0n) is 21.2. The summed E-state index contributed by atoms with van der Waals surface area (Å²) in [6.45, 7) is 5.54. The molecule has 13 heteroatoms. The van der Waals surface area contributed by atoms with E-state index >= 15 is 0 Å². The first-order chi connectivity index (χ1) is 17.0. The molecule has 0 radical (unpaired) electrons. The van der Waals surface area contributed by atoms with Gasteiger partial charge in [-0.15, -0.1) is 0 Å². The van der Waals surface area contributed by atoms with E-state index in [1.54, 1.807) is 0 Å². The Bertz CT molecular complexity index is 830. The molecule has 1 unspecified atom stereocenters. The van der Waals surface area contributed by atoms with Crippen LogP contribution in [0.5, 0.6) is 0 Å². The molecule has 36 heavy (non-hydrogen) atoms. The topological polar surface area (TPSA) is 183 Å². The SMILES string of the molecule is CCCNC(=O)CCNC(=O)CNC(=O)CNC(=O)CNC(=O)CCCN1C(=O)CC(C(C)C)C1=O. The van der Waals surface area contributed by atoms with Gasteiger partial charge in [0.15, 0.2) is 0 Å². The Morgan fingerprint density at radius 2 is 1.28 bits per heavy atom. The Hall–Kier alpha value is -3.51. The van der Waals surface area contributed by atoms with E-state index in [9.17, 15) is 33.6 Å². The summed E-state index contributed by atoms with van der Waals surface area (Å²) in [7, 11) is 0. The van der Waals surface area contributed by atoms with Gasteiger partial charge in [0.05, 0.1) is 19.6 Å². The summed E-state index contributed by atoms with van der Waals surface area (Å²) >= 11 is 0. The van der Waals surface area contributed by atoms with E-state index in [1.165, 1.54) is 4.90 Å². The second-order valence-electron chi connectivity index (χ2n) is 8.82. The fourth-order valence-electron chi connectivity index (χ4n) is 3.34. The lowest BCUT2D eigenvalue weighted by molar-refractivity contribution is -0.140. The third kappa shape index (κ3) is 11.8. The summed E-state index contributed by atoms with van der Waals surface area (Å²) in [6.07, 6.45) is 1.46. The Labute approximate surface area is 210 Å². The van der Waals surface area contributed by atoms with Crippen LogP contribution in [0, 0.1) is 11.8 Å². The van der Waals surface area contributed by atoms with Crippen LogP contribution in [-0.4, -0.2) is 85.5 Å². The quantitative estimate of drug-likeness (QED) is 0.151. The van der Waals surface area contributed by atoms with E-state index in [1.807, 2.05) is 20.8 Å². The molecule has 1 saturated heterocycles. The average molecular weight is 511 g/mol. The third-order valence-corrected chi connectivity index (χ3v) is 5.45. The van der Waals surface area contributed by atoms with Gasteiger partial charge in [-0.3, -0.25) is 38.5 Å². The minimum Gasteiger partial charge on any atom is -0.356 e. The molecule has 0 aromatic rings. The molecule has 5 N–H and O–H groups in total. The van der Waals surface area contributed by atoms with Crippen molar-refractivity contribution in [3.8, 4) is 0 Å². The van der Waals surface area contributed by atoms with Gasteiger partial charge in [-0.2, -0.15) is 0 Å². The fraction of sp³-hybridized carbons (Fsp3) is 0.696.